The molecule has 1 rings (SSSR count). The molecule has 0 aliphatic carbocycles. The molecule has 0 aliphatic rings. The van der Waals surface area contributed by atoms with E-state index in [1.807, 2.05) is 0 Å². The highest BCUT2D eigenvalue weighted by Gasteiger charge is 2.12. The summed E-state index contributed by atoms with van der Waals surface area (Å²) in [6, 6.07) is 6.91. The van der Waals surface area contributed by atoms with Gasteiger partial charge in [-0.1, -0.05) is 15.9 Å². The Labute approximate surface area is 92.2 Å². The van der Waals surface area contributed by atoms with E-state index in [0.717, 1.165) is 8.78 Å². The van der Waals surface area contributed by atoms with Gasteiger partial charge in [0.15, 0.2) is 0 Å². The van der Waals surface area contributed by atoms with Crippen molar-refractivity contribution in [1.29, 1.82) is 0 Å². The number of hydrogen-bond donors (Lipinski definition) is 1. The fourth-order valence-corrected chi connectivity index (χ4v) is 1.64. The van der Waals surface area contributed by atoms with Crippen molar-refractivity contribution in [2.75, 3.05) is 18.8 Å². The van der Waals surface area contributed by atoms with Gasteiger partial charge in [-0.05, 0) is 24.3 Å². The van der Waals surface area contributed by atoms with Crippen LogP contribution in [0.15, 0.2) is 28.7 Å². The van der Waals surface area contributed by atoms with Gasteiger partial charge in [-0.15, -0.1) is 0 Å². The molecule has 14 heavy (non-hydrogen) atoms. The van der Waals surface area contributed by atoms with Gasteiger partial charge in [0.25, 0.3) is 0 Å². The molecule has 0 aromatic heterocycles. The topological polar surface area (TPSA) is 49.4 Å². The number of halogens is 1. The van der Waals surface area contributed by atoms with Crippen LogP contribution in [0.4, 0.5) is 5.69 Å². The number of benzene rings is 1. The summed E-state index contributed by atoms with van der Waals surface area (Å²) in [4.78, 5) is 0. The molecule has 0 aliphatic heterocycles. The molecule has 6 heteroatoms. The van der Waals surface area contributed by atoms with Crippen LogP contribution >= 0.6 is 15.9 Å². The zero-order valence-corrected chi connectivity index (χ0v) is 10.3. The first-order chi connectivity index (χ1) is 6.42. The molecule has 0 spiro atoms. The van der Waals surface area contributed by atoms with Crippen LogP contribution in [0.25, 0.3) is 0 Å². The summed E-state index contributed by atoms with van der Waals surface area (Å²) in [7, 11) is -0.449. The molecule has 0 saturated carbocycles. The highest BCUT2D eigenvalue weighted by molar-refractivity contribution is 9.10. The van der Waals surface area contributed by atoms with Gasteiger partial charge in [-0.3, -0.25) is 4.72 Å². The SMILES string of the molecule is CN(C)S(=O)(=O)Nc1ccc(Br)cc1. The van der Waals surface area contributed by atoms with Crippen LogP contribution in [0.3, 0.4) is 0 Å². The fourth-order valence-electron chi connectivity index (χ4n) is 0.758. The average Bonchev–Trinajstić information content (AvgIpc) is 2.08. The molecule has 0 unspecified atom stereocenters. The molecule has 0 radical (unpaired) electrons. The van der Waals surface area contributed by atoms with Crippen molar-refractivity contribution < 1.29 is 8.42 Å². The van der Waals surface area contributed by atoms with Crippen LogP contribution in [0, 0.1) is 0 Å². The fraction of sp³-hybridized carbons (Fsp3) is 0.250. The lowest BCUT2D eigenvalue weighted by Gasteiger charge is -2.13. The van der Waals surface area contributed by atoms with Crippen molar-refractivity contribution in [3.63, 3.8) is 0 Å². The van der Waals surface area contributed by atoms with Gasteiger partial charge in [0.1, 0.15) is 0 Å². The minimum absolute atomic E-state index is 0.543. The van der Waals surface area contributed by atoms with Gasteiger partial charge in [0.2, 0.25) is 0 Å². The molecule has 1 aromatic rings. The number of anilines is 1. The third kappa shape index (κ3) is 2.97. The molecule has 1 N–H and O–H groups in total. The van der Waals surface area contributed by atoms with E-state index in [4.69, 9.17) is 0 Å². The van der Waals surface area contributed by atoms with Crippen molar-refractivity contribution in [3.05, 3.63) is 28.7 Å². The first-order valence-corrected chi connectivity index (χ1v) is 6.11. The Balaban J connectivity index is 2.85. The zero-order chi connectivity index (χ0) is 10.8. The third-order valence-corrected chi connectivity index (χ3v) is 3.56. The summed E-state index contributed by atoms with van der Waals surface area (Å²) in [5.41, 5.74) is 0.543. The van der Waals surface area contributed by atoms with Crippen molar-refractivity contribution in [1.82, 2.24) is 4.31 Å². The molecule has 0 fully saturated rings. The number of hydrogen-bond acceptors (Lipinski definition) is 2. The molecule has 1 aromatic carbocycles. The van der Waals surface area contributed by atoms with E-state index in [-0.39, 0.29) is 0 Å². The van der Waals surface area contributed by atoms with Crippen molar-refractivity contribution in [2.24, 2.45) is 0 Å². The summed E-state index contributed by atoms with van der Waals surface area (Å²) < 4.78 is 27.2. The molecule has 0 amide bonds. The first-order valence-electron chi connectivity index (χ1n) is 3.87. The molecule has 4 nitrogen and oxygen atoms in total. The van der Waals surface area contributed by atoms with Crippen LogP contribution < -0.4 is 4.72 Å². The van der Waals surface area contributed by atoms with Crippen molar-refractivity contribution in [3.8, 4) is 0 Å². The van der Waals surface area contributed by atoms with Crippen LogP contribution in [-0.4, -0.2) is 26.8 Å². The summed E-state index contributed by atoms with van der Waals surface area (Å²) in [6.45, 7) is 0. The first kappa shape index (κ1) is 11.5. The van der Waals surface area contributed by atoms with Gasteiger partial charge < -0.3 is 0 Å². The molecule has 78 valence electrons. The predicted octanol–water partition coefficient (Wildman–Crippen LogP) is 1.67. The standard InChI is InChI=1S/C8H11BrN2O2S/c1-11(2)14(12,13)10-8-5-3-7(9)4-6-8/h3-6,10H,1-2H3. The molecular weight excluding hydrogens is 268 g/mol. The van der Waals surface area contributed by atoms with Crippen LogP contribution in [0.2, 0.25) is 0 Å². The Morgan fingerprint density at radius 3 is 2.14 bits per heavy atom. The highest BCUT2D eigenvalue weighted by Crippen LogP contribution is 2.15. The number of nitrogens with zero attached hydrogens (tertiary/aromatic N) is 1. The lowest BCUT2D eigenvalue weighted by molar-refractivity contribution is 0.527. The quantitative estimate of drug-likeness (QED) is 0.915. The van der Waals surface area contributed by atoms with E-state index in [9.17, 15) is 8.42 Å². The predicted molar refractivity (Wildman–Crippen MR) is 60.4 cm³/mol. The maximum absolute atomic E-state index is 11.4. The van der Waals surface area contributed by atoms with Crippen molar-refractivity contribution in [2.45, 2.75) is 0 Å². The molecular formula is C8H11BrN2O2S. The smallest absolute Gasteiger partial charge is 0.271 e. The largest absolute Gasteiger partial charge is 0.301 e. The van der Waals surface area contributed by atoms with Crippen LogP contribution in [0.5, 0.6) is 0 Å². The van der Waals surface area contributed by atoms with Gasteiger partial charge in [-0.2, -0.15) is 12.7 Å². The summed E-state index contributed by atoms with van der Waals surface area (Å²) in [5, 5.41) is 0. The van der Waals surface area contributed by atoms with E-state index in [1.54, 1.807) is 24.3 Å². The zero-order valence-electron chi connectivity index (χ0n) is 7.86. The van der Waals surface area contributed by atoms with E-state index >= 15 is 0 Å². The Morgan fingerprint density at radius 1 is 1.21 bits per heavy atom. The molecule has 0 atom stereocenters. The van der Waals surface area contributed by atoms with Gasteiger partial charge in [0, 0.05) is 24.3 Å². The minimum atomic E-state index is -3.40. The second-order valence-electron chi connectivity index (χ2n) is 2.90. The van der Waals surface area contributed by atoms with Gasteiger partial charge in [-0.25, -0.2) is 0 Å². The number of nitrogens with one attached hydrogen (secondary N) is 1. The second kappa shape index (κ2) is 4.29. The van der Waals surface area contributed by atoms with Crippen molar-refractivity contribution >= 4 is 31.8 Å². The van der Waals surface area contributed by atoms with E-state index < -0.39 is 10.2 Å². The van der Waals surface area contributed by atoms with Gasteiger partial charge >= 0.3 is 10.2 Å². The highest BCUT2D eigenvalue weighted by atomic mass is 79.9. The monoisotopic (exact) mass is 278 g/mol. The van der Waals surface area contributed by atoms with E-state index in [2.05, 4.69) is 20.7 Å². The lowest BCUT2D eigenvalue weighted by atomic mass is 10.3. The summed E-state index contributed by atoms with van der Waals surface area (Å²) in [6.07, 6.45) is 0. The maximum Gasteiger partial charge on any atom is 0.301 e. The summed E-state index contributed by atoms with van der Waals surface area (Å²) >= 11 is 3.27. The normalized spacial score (nSPS) is 11.7. The Bertz CT molecular complexity index is 400. The van der Waals surface area contributed by atoms with Gasteiger partial charge in [0.05, 0.1) is 0 Å². The Kier molecular flexibility index (Phi) is 3.52. The van der Waals surface area contributed by atoms with E-state index in [0.29, 0.717) is 5.69 Å². The second-order valence-corrected chi connectivity index (χ2v) is 5.70. The van der Waals surface area contributed by atoms with E-state index in [1.165, 1.54) is 14.1 Å². The number of rotatable bonds is 3. The molecule has 0 bridgehead atoms. The molecule has 0 saturated heterocycles. The average molecular weight is 279 g/mol. The molecule has 0 heterocycles. The van der Waals surface area contributed by atoms with Crippen LogP contribution in [-0.2, 0) is 10.2 Å². The lowest BCUT2D eigenvalue weighted by Crippen LogP contribution is -2.28. The Hall–Kier alpha value is -0.590. The third-order valence-electron chi connectivity index (χ3n) is 1.57. The minimum Gasteiger partial charge on any atom is -0.271 e. The maximum atomic E-state index is 11.4. The Morgan fingerprint density at radius 2 is 1.71 bits per heavy atom. The summed E-state index contributed by atoms with van der Waals surface area (Å²) in [5.74, 6) is 0. The van der Waals surface area contributed by atoms with Crippen LogP contribution in [0.1, 0.15) is 0 Å².